The van der Waals surface area contributed by atoms with Crippen LogP contribution in [-0.2, 0) is 20.6 Å². The SMILES string of the molecule is O=S1(=O)C=Cc2ccccc21.O=S1C=Cc2ccccc21.c1ccc2sccc2c1. The maximum atomic E-state index is 11.2. The van der Waals surface area contributed by atoms with Crippen LogP contribution in [-0.4, -0.2) is 12.6 Å². The molecule has 0 amide bonds. The molecule has 0 fully saturated rings. The van der Waals surface area contributed by atoms with Gasteiger partial charge in [-0.3, -0.25) is 0 Å². The number of benzene rings is 3. The molecular weight excluding hydrogens is 432 g/mol. The standard InChI is InChI=1S/C8H6O2S.C8H6OS.C8H6S/c9-11(10)6-5-7-3-1-2-4-8(7)11;9-10-6-5-7-3-1-2-4-8(7)10;1-2-4-8-7(3-1)5-6-9-8/h1-6H;1-6H;1-6H. The van der Waals surface area contributed by atoms with Crippen LogP contribution in [0.1, 0.15) is 11.1 Å². The highest BCUT2D eigenvalue weighted by atomic mass is 32.2. The van der Waals surface area contributed by atoms with E-state index >= 15 is 0 Å². The molecule has 1 aromatic heterocycles. The molecule has 3 nitrogen and oxygen atoms in total. The Morgan fingerprint density at radius 2 is 1.43 bits per heavy atom. The predicted octanol–water partition coefficient (Wildman–Crippen LogP) is 6.12. The monoisotopic (exact) mass is 450 g/mol. The Labute approximate surface area is 182 Å². The van der Waals surface area contributed by atoms with Gasteiger partial charge in [-0.25, -0.2) is 12.6 Å². The molecule has 0 spiro atoms. The van der Waals surface area contributed by atoms with E-state index in [4.69, 9.17) is 0 Å². The first-order chi connectivity index (χ1) is 14.5. The van der Waals surface area contributed by atoms with Crippen molar-refractivity contribution in [1.29, 1.82) is 0 Å². The summed E-state index contributed by atoms with van der Waals surface area (Å²) in [6.07, 6.45) is 3.51. The minimum atomic E-state index is -3.09. The third-order valence-electron chi connectivity index (χ3n) is 4.52. The predicted molar refractivity (Wildman–Crippen MR) is 126 cm³/mol. The molecular formula is C24H18O3S3. The lowest BCUT2D eigenvalue weighted by molar-refractivity contribution is 0.605. The number of fused-ring (bicyclic) bond motifs is 3. The van der Waals surface area contributed by atoms with E-state index in [0.29, 0.717) is 4.90 Å². The lowest BCUT2D eigenvalue weighted by atomic mass is 10.2. The third kappa shape index (κ3) is 4.51. The summed E-state index contributed by atoms with van der Waals surface area (Å²) in [5, 5.41) is 6.41. The maximum Gasteiger partial charge on any atom is 0.200 e. The van der Waals surface area contributed by atoms with E-state index in [1.54, 1.807) is 41.0 Å². The first kappa shape index (κ1) is 20.5. The first-order valence-electron chi connectivity index (χ1n) is 9.17. The Bertz CT molecular complexity index is 1350. The summed E-state index contributed by atoms with van der Waals surface area (Å²) in [6, 6.07) is 25.2. The van der Waals surface area contributed by atoms with E-state index in [1.165, 1.54) is 15.5 Å². The van der Waals surface area contributed by atoms with Crippen molar-refractivity contribution >= 4 is 54.2 Å². The molecule has 0 bridgehead atoms. The minimum absolute atomic E-state index is 0.417. The summed E-state index contributed by atoms with van der Waals surface area (Å²) >= 11 is 1.79. The molecule has 0 saturated heterocycles. The quantitative estimate of drug-likeness (QED) is 0.324. The van der Waals surface area contributed by atoms with Gasteiger partial charge in [0.05, 0.1) is 20.6 Å². The van der Waals surface area contributed by atoms with E-state index < -0.39 is 20.6 Å². The smallest absolute Gasteiger partial charge is 0.200 e. The maximum absolute atomic E-state index is 11.2. The topological polar surface area (TPSA) is 51.2 Å². The first-order valence-corrected chi connectivity index (χ1v) is 12.8. The highest BCUT2D eigenvalue weighted by Crippen LogP contribution is 2.25. The van der Waals surface area contributed by atoms with Gasteiger partial charge in [-0.2, -0.15) is 0 Å². The van der Waals surface area contributed by atoms with Crippen LogP contribution in [0.2, 0.25) is 0 Å². The molecule has 0 radical (unpaired) electrons. The van der Waals surface area contributed by atoms with Crippen LogP contribution in [0.4, 0.5) is 0 Å². The van der Waals surface area contributed by atoms with Crippen molar-refractivity contribution in [2.24, 2.45) is 0 Å². The fourth-order valence-electron chi connectivity index (χ4n) is 3.03. The average molecular weight is 451 g/mol. The molecule has 0 saturated carbocycles. The van der Waals surface area contributed by atoms with Crippen molar-refractivity contribution in [2.45, 2.75) is 9.79 Å². The van der Waals surface area contributed by atoms with Crippen LogP contribution >= 0.6 is 11.3 Å². The second-order valence-electron chi connectivity index (χ2n) is 6.48. The molecule has 2 aliphatic rings. The lowest BCUT2D eigenvalue weighted by Gasteiger charge is -1.94. The van der Waals surface area contributed by atoms with E-state index in [0.717, 1.165) is 16.0 Å². The van der Waals surface area contributed by atoms with Gasteiger partial charge in [-0.15, -0.1) is 11.3 Å². The molecule has 3 heterocycles. The largest absolute Gasteiger partial charge is 0.250 e. The molecule has 3 aromatic carbocycles. The summed E-state index contributed by atoms with van der Waals surface area (Å²) in [7, 11) is -3.96. The summed E-state index contributed by atoms with van der Waals surface area (Å²) in [4.78, 5) is 1.35. The zero-order chi connectivity index (χ0) is 21.0. The van der Waals surface area contributed by atoms with Gasteiger partial charge in [0.15, 0.2) is 9.84 Å². The molecule has 6 rings (SSSR count). The van der Waals surface area contributed by atoms with E-state index in [-0.39, 0.29) is 0 Å². The van der Waals surface area contributed by atoms with Gasteiger partial charge in [-0.1, -0.05) is 54.6 Å². The second-order valence-corrected chi connectivity index (χ2v) is 10.5. The van der Waals surface area contributed by atoms with E-state index in [9.17, 15) is 12.6 Å². The number of sulfone groups is 1. The average Bonchev–Trinajstić information content (AvgIpc) is 3.48. The van der Waals surface area contributed by atoms with E-state index in [2.05, 4.69) is 35.7 Å². The van der Waals surface area contributed by atoms with Gasteiger partial charge in [-0.05, 0) is 58.3 Å². The third-order valence-corrected chi connectivity index (χ3v) is 8.09. The van der Waals surface area contributed by atoms with Crippen LogP contribution in [0.5, 0.6) is 0 Å². The number of hydrogen-bond acceptors (Lipinski definition) is 4. The van der Waals surface area contributed by atoms with Crippen LogP contribution in [0.3, 0.4) is 0 Å². The summed E-state index contributed by atoms with van der Waals surface area (Å²) in [6.45, 7) is 0. The summed E-state index contributed by atoms with van der Waals surface area (Å²) in [5.74, 6) is 0. The van der Waals surface area contributed by atoms with Gasteiger partial charge in [0.25, 0.3) is 0 Å². The Balaban J connectivity index is 0.000000109. The van der Waals surface area contributed by atoms with Crippen molar-refractivity contribution in [3.05, 3.63) is 106 Å². The minimum Gasteiger partial charge on any atom is -0.250 e. The Morgan fingerprint density at radius 3 is 2.20 bits per heavy atom. The number of rotatable bonds is 0. The highest BCUT2D eigenvalue weighted by Gasteiger charge is 2.18. The van der Waals surface area contributed by atoms with Crippen molar-refractivity contribution in [1.82, 2.24) is 0 Å². The number of thiophene rings is 1. The molecule has 4 aromatic rings. The zero-order valence-corrected chi connectivity index (χ0v) is 18.3. The molecule has 1 atom stereocenters. The van der Waals surface area contributed by atoms with Gasteiger partial charge in [0.2, 0.25) is 0 Å². The molecule has 30 heavy (non-hydrogen) atoms. The Kier molecular flexibility index (Phi) is 6.08. The molecule has 150 valence electrons. The van der Waals surface area contributed by atoms with Crippen LogP contribution in [0.25, 0.3) is 22.2 Å². The van der Waals surface area contributed by atoms with Gasteiger partial charge < -0.3 is 0 Å². The van der Waals surface area contributed by atoms with E-state index in [1.807, 2.05) is 36.4 Å². The molecule has 6 heteroatoms. The van der Waals surface area contributed by atoms with Crippen LogP contribution in [0.15, 0.2) is 105 Å². The molecule has 0 N–H and O–H groups in total. The van der Waals surface area contributed by atoms with Crippen molar-refractivity contribution in [3.63, 3.8) is 0 Å². The van der Waals surface area contributed by atoms with Crippen molar-refractivity contribution in [3.8, 4) is 0 Å². The van der Waals surface area contributed by atoms with Gasteiger partial charge in [0.1, 0.15) is 0 Å². The highest BCUT2D eigenvalue weighted by molar-refractivity contribution is 7.94. The fourth-order valence-corrected chi connectivity index (χ4v) is 6.02. The molecule has 2 aliphatic heterocycles. The Hall–Kier alpha value is -2.80. The summed E-state index contributed by atoms with van der Waals surface area (Å²) < 4.78 is 34.8. The summed E-state index contributed by atoms with van der Waals surface area (Å²) in [5.41, 5.74) is 1.87. The fraction of sp³-hybridized carbons (Fsp3) is 0. The lowest BCUT2D eigenvalue weighted by Crippen LogP contribution is -1.91. The van der Waals surface area contributed by atoms with Gasteiger partial charge in [0, 0.05) is 15.5 Å². The van der Waals surface area contributed by atoms with Gasteiger partial charge >= 0.3 is 0 Å². The van der Waals surface area contributed by atoms with Crippen LogP contribution in [0, 0.1) is 0 Å². The van der Waals surface area contributed by atoms with Crippen LogP contribution < -0.4 is 0 Å². The molecule has 0 aliphatic carbocycles. The van der Waals surface area contributed by atoms with Crippen molar-refractivity contribution in [2.75, 3.05) is 0 Å². The normalized spacial score (nSPS) is 16.7. The Morgan fingerprint density at radius 1 is 0.733 bits per heavy atom. The molecule has 1 unspecified atom stereocenters. The van der Waals surface area contributed by atoms with Crippen molar-refractivity contribution < 1.29 is 12.6 Å². The number of hydrogen-bond donors (Lipinski definition) is 0. The second kappa shape index (κ2) is 8.92. The zero-order valence-electron chi connectivity index (χ0n) is 15.8.